The Kier molecular flexibility index (Phi) is 6.66. The molecule has 0 aliphatic rings. The molecule has 0 atom stereocenters. The topological polar surface area (TPSA) is 100 Å². The van der Waals surface area contributed by atoms with Crippen molar-refractivity contribution in [2.45, 2.75) is 13.8 Å². The lowest BCUT2D eigenvalue weighted by atomic mass is 10.2. The summed E-state index contributed by atoms with van der Waals surface area (Å²) in [6, 6.07) is 11.2. The number of hydrogen-bond donors (Lipinski definition) is 2. The van der Waals surface area contributed by atoms with E-state index in [0.29, 0.717) is 35.1 Å². The number of anilines is 2. The van der Waals surface area contributed by atoms with Crippen molar-refractivity contribution in [2.75, 3.05) is 31.5 Å². The van der Waals surface area contributed by atoms with Gasteiger partial charge in [-0.3, -0.25) is 14.8 Å². The summed E-state index contributed by atoms with van der Waals surface area (Å²) >= 11 is 0. The Labute approximate surface area is 186 Å². The van der Waals surface area contributed by atoms with Gasteiger partial charge < -0.3 is 15.5 Å². The highest BCUT2D eigenvalue weighted by Crippen LogP contribution is 2.24. The number of hydrogen-bond acceptors (Lipinski definition) is 7. The molecule has 0 fully saturated rings. The first-order chi connectivity index (χ1) is 15.7. The maximum absolute atomic E-state index is 12.9. The first kappa shape index (κ1) is 21.4. The van der Waals surface area contributed by atoms with E-state index < -0.39 is 0 Å². The van der Waals surface area contributed by atoms with Crippen LogP contribution in [0.1, 0.15) is 24.2 Å². The van der Waals surface area contributed by atoms with Crippen molar-refractivity contribution in [3.63, 3.8) is 0 Å². The molecule has 9 heteroatoms. The normalized spacial score (nSPS) is 11.1. The van der Waals surface area contributed by atoms with E-state index in [-0.39, 0.29) is 5.91 Å². The van der Waals surface area contributed by atoms with Gasteiger partial charge in [0.05, 0.1) is 11.3 Å². The summed E-state index contributed by atoms with van der Waals surface area (Å²) in [7, 11) is 0. The highest BCUT2D eigenvalue weighted by molar-refractivity contribution is 6.00. The van der Waals surface area contributed by atoms with Crippen LogP contribution in [0.3, 0.4) is 0 Å². The number of likely N-dealkylation sites (N-methyl/N-ethyl adjacent to an activating group) is 1. The van der Waals surface area contributed by atoms with Crippen LogP contribution in [0.2, 0.25) is 0 Å². The highest BCUT2D eigenvalue weighted by Gasteiger charge is 2.15. The average molecular weight is 431 g/mol. The standard InChI is InChI=1S/C23H26N8O/c1-3-30(4-2)15-13-26-23(32)17-16-24-12-10-18(17)27-22-20-9-7-14-31(20)29-21(28-22)19-8-5-6-11-25-19/h5-12,14,16H,3-4,13,15H2,1-2H3,(H,26,32)(H,24,27,28,29). The lowest BCUT2D eigenvalue weighted by molar-refractivity contribution is 0.0949. The molecule has 4 aromatic heterocycles. The van der Waals surface area contributed by atoms with Crippen molar-refractivity contribution < 1.29 is 4.79 Å². The van der Waals surface area contributed by atoms with E-state index >= 15 is 0 Å². The molecule has 9 nitrogen and oxygen atoms in total. The molecule has 164 valence electrons. The molecular weight excluding hydrogens is 404 g/mol. The number of aromatic nitrogens is 5. The molecule has 0 aliphatic heterocycles. The molecule has 0 unspecified atom stereocenters. The molecule has 0 aliphatic carbocycles. The van der Waals surface area contributed by atoms with E-state index in [9.17, 15) is 4.79 Å². The van der Waals surface area contributed by atoms with Gasteiger partial charge in [-0.05, 0) is 43.4 Å². The van der Waals surface area contributed by atoms with Gasteiger partial charge in [0.15, 0.2) is 5.82 Å². The van der Waals surface area contributed by atoms with Crippen molar-refractivity contribution in [3.8, 4) is 11.5 Å². The second-order valence-corrected chi connectivity index (χ2v) is 7.17. The Morgan fingerprint density at radius 2 is 1.97 bits per heavy atom. The van der Waals surface area contributed by atoms with E-state index in [4.69, 9.17) is 0 Å². The number of fused-ring (bicyclic) bond motifs is 1. The zero-order valence-electron chi connectivity index (χ0n) is 18.2. The second-order valence-electron chi connectivity index (χ2n) is 7.17. The molecule has 4 heterocycles. The van der Waals surface area contributed by atoms with Crippen molar-refractivity contribution in [1.29, 1.82) is 0 Å². The Morgan fingerprint density at radius 3 is 2.75 bits per heavy atom. The minimum Gasteiger partial charge on any atom is -0.351 e. The third-order valence-corrected chi connectivity index (χ3v) is 5.21. The molecule has 0 saturated carbocycles. The second kappa shape index (κ2) is 9.97. The number of amides is 1. The highest BCUT2D eigenvalue weighted by atomic mass is 16.1. The van der Waals surface area contributed by atoms with Crippen LogP contribution >= 0.6 is 0 Å². The van der Waals surface area contributed by atoms with Gasteiger partial charge in [-0.2, -0.15) is 0 Å². The fraction of sp³-hybridized carbons (Fsp3) is 0.261. The zero-order valence-corrected chi connectivity index (χ0v) is 18.2. The van der Waals surface area contributed by atoms with Crippen LogP contribution < -0.4 is 10.6 Å². The lowest BCUT2D eigenvalue weighted by Crippen LogP contribution is -2.35. The molecule has 32 heavy (non-hydrogen) atoms. The van der Waals surface area contributed by atoms with Crippen LogP contribution in [0, 0.1) is 0 Å². The van der Waals surface area contributed by atoms with Gasteiger partial charge in [0.1, 0.15) is 11.2 Å². The van der Waals surface area contributed by atoms with Gasteiger partial charge in [0.2, 0.25) is 5.82 Å². The summed E-state index contributed by atoms with van der Waals surface area (Å²) in [4.78, 5) is 28.3. The van der Waals surface area contributed by atoms with Crippen LogP contribution in [0.25, 0.3) is 17.0 Å². The van der Waals surface area contributed by atoms with Crippen molar-refractivity contribution in [2.24, 2.45) is 0 Å². The first-order valence-electron chi connectivity index (χ1n) is 10.7. The minimum absolute atomic E-state index is 0.182. The van der Waals surface area contributed by atoms with Crippen LogP contribution in [-0.2, 0) is 0 Å². The summed E-state index contributed by atoms with van der Waals surface area (Å²) < 4.78 is 1.74. The number of nitrogens with zero attached hydrogens (tertiary/aromatic N) is 6. The molecule has 0 aromatic carbocycles. The van der Waals surface area contributed by atoms with E-state index in [1.165, 1.54) is 0 Å². The first-order valence-corrected chi connectivity index (χ1v) is 10.7. The monoisotopic (exact) mass is 430 g/mol. The number of rotatable bonds is 9. The van der Waals surface area contributed by atoms with Gasteiger partial charge in [0, 0.05) is 37.9 Å². The molecule has 4 rings (SSSR count). The fourth-order valence-corrected chi connectivity index (χ4v) is 3.40. The van der Waals surface area contributed by atoms with Crippen LogP contribution in [0.5, 0.6) is 0 Å². The minimum atomic E-state index is -0.182. The number of carbonyl (C=O) groups is 1. The summed E-state index contributed by atoms with van der Waals surface area (Å²) in [5.41, 5.74) is 2.52. The predicted octanol–water partition coefficient (Wildman–Crippen LogP) is 3.00. The number of nitrogens with one attached hydrogen (secondary N) is 2. The Balaban J connectivity index is 1.60. The van der Waals surface area contributed by atoms with Crippen molar-refractivity contribution in [3.05, 3.63) is 66.7 Å². The molecule has 2 N–H and O–H groups in total. The Morgan fingerprint density at radius 1 is 1.09 bits per heavy atom. The van der Waals surface area contributed by atoms with E-state index in [1.54, 1.807) is 29.2 Å². The zero-order chi connectivity index (χ0) is 22.3. The molecule has 0 bridgehead atoms. The smallest absolute Gasteiger partial charge is 0.255 e. The van der Waals surface area contributed by atoms with Crippen molar-refractivity contribution >= 4 is 22.9 Å². The fourth-order valence-electron chi connectivity index (χ4n) is 3.40. The molecule has 0 spiro atoms. The quantitative estimate of drug-likeness (QED) is 0.421. The predicted molar refractivity (Wildman–Crippen MR) is 124 cm³/mol. The van der Waals surface area contributed by atoms with E-state index in [1.807, 2.05) is 36.5 Å². The lowest BCUT2D eigenvalue weighted by Gasteiger charge is -2.18. The van der Waals surface area contributed by atoms with Gasteiger partial charge in [-0.25, -0.2) is 9.50 Å². The summed E-state index contributed by atoms with van der Waals surface area (Å²) in [6.45, 7) is 7.48. The number of pyridine rings is 2. The summed E-state index contributed by atoms with van der Waals surface area (Å²) in [5, 5.41) is 10.8. The third kappa shape index (κ3) is 4.73. The molecule has 0 saturated heterocycles. The van der Waals surface area contributed by atoms with Gasteiger partial charge in [0.25, 0.3) is 5.91 Å². The van der Waals surface area contributed by atoms with Gasteiger partial charge in [-0.1, -0.05) is 19.9 Å². The SMILES string of the molecule is CCN(CC)CCNC(=O)c1cnccc1Nc1nc(-c2ccccn2)nn2cccc12. The molecular formula is C23H26N8O. The van der Waals surface area contributed by atoms with Crippen LogP contribution in [-0.4, -0.2) is 61.6 Å². The van der Waals surface area contributed by atoms with Crippen molar-refractivity contribution in [1.82, 2.24) is 34.8 Å². The maximum Gasteiger partial charge on any atom is 0.255 e. The van der Waals surface area contributed by atoms with Gasteiger partial charge in [-0.15, -0.1) is 5.10 Å². The maximum atomic E-state index is 12.9. The summed E-state index contributed by atoms with van der Waals surface area (Å²) in [6.07, 6.45) is 6.76. The third-order valence-electron chi connectivity index (χ3n) is 5.21. The molecule has 4 aromatic rings. The van der Waals surface area contributed by atoms with E-state index in [0.717, 1.165) is 25.2 Å². The average Bonchev–Trinajstić information content (AvgIpc) is 3.32. The van der Waals surface area contributed by atoms with E-state index in [2.05, 4.69) is 49.4 Å². The molecule has 0 radical (unpaired) electrons. The van der Waals surface area contributed by atoms with Gasteiger partial charge >= 0.3 is 0 Å². The molecule has 1 amide bonds. The van der Waals surface area contributed by atoms with Crippen LogP contribution in [0.4, 0.5) is 11.5 Å². The Hall–Kier alpha value is -3.85. The summed E-state index contributed by atoms with van der Waals surface area (Å²) in [5.74, 6) is 0.878. The number of carbonyl (C=O) groups excluding carboxylic acids is 1. The largest absolute Gasteiger partial charge is 0.351 e. The van der Waals surface area contributed by atoms with Crippen LogP contribution in [0.15, 0.2) is 61.2 Å². The Bertz CT molecular complexity index is 1190.